The molecule has 3 rings (SSSR count). The number of pyridine rings is 1. The lowest BCUT2D eigenvalue weighted by Gasteiger charge is -2.07. The highest BCUT2D eigenvalue weighted by Crippen LogP contribution is 2.15. The van der Waals surface area contributed by atoms with Crippen molar-refractivity contribution in [3.63, 3.8) is 0 Å². The van der Waals surface area contributed by atoms with Crippen molar-refractivity contribution < 1.29 is 14.3 Å². The summed E-state index contributed by atoms with van der Waals surface area (Å²) >= 11 is 0. The number of benzene rings is 1. The van der Waals surface area contributed by atoms with Crippen LogP contribution in [0.3, 0.4) is 0 Å². The van der Waals surface area contributed by atoms with Gasteiger partial charge in [0.1, 0.15) is 22.9 Å². The number of phenols is 1. The molecular weight excluding hydrogens is 309 g/mol. The zero-order valence-electron chi connectivity index (χ0n) is 13.3. The summed E-state index contributed by atoms with van der Waals surface area (Å²) in [7, 11) is 0. The highest BCUT2D eigenvalue weighted by Gasteiger charge is 2.18. The van der Waals surface area contributed by atoms with Crippen molar-refractivity contribution in [2.45, 2.75) is 19.8 Å². The number of halogens is 1. The number of imidazole rings is 1. The fraction of sp³-hybridized carbons (Fsp3) is 0.222. The highest BCUT2D eigenvalue weighted by atomic mass is 19.1. The van der Waals surface area contributed by atoms with Crippen LogP contribution in [0.5, 0.6) is 5.75 Å². The Balaban J connectivity index is 1.75. The number of carbonyl (C=O) groups is 1. The third-order valence-corrected chi connectivity index (χ3v) is 3.84. The van der Waals surface area contributed by atoms with Crippen LogP contribution in [-0.2, 0) is 12.8 Å². The zero-order chi connectivity index (χ0) is 17.1. The number of amides is 1. The van der Waals surface area contributed by atoms with E-state index >= 15 is 0 Å². The van der Waals surface area contributed by atoms with E-state index in [1.54, 1.807) is 18.2 Å². The Morgan fingerprint density at radius 3 is 2.71 bits per heavy atom. The molecule has 24 heavy (non-hydrogen) atoms. The second-order valence-corrected chi connectivity index (χ2v) is 5.51. The maximum atomic E-state index is 13.5. The van der Waals surface area contributed by atoms with Crippen molar-refractivity contribution in [3.8, 4) is 5.75 Å². The molecule has 2 heterocycles. The molecule has 0 atom stereocenters. The predicted octanol–water partition coefficient (Wildman–Crippen LogP) is 2.71. The highest BCUT2D eigenvalue weighted by molar-refractivity contribution is 5.94. The average Bonchev–Trinajstić information content (AvgIpc) is 2.94. The van der Waals surface area contributed by atoms with Crippen LogP contribution < -0.4 is 5.32 Å². The topological polar surface area (TPSA) is 66.6 Å². The van der Waals surface area contributed by atoms with E-state index in [1.165, 1.54) is 16.7 Å². The molecule has 0 radical (unpaired) electrons. The van der Waals surface area contributed by atoms with E-state index in [0.717, 1.165) is 5.56 Å². The molecule has 1 aromatic carbocycles. The largest absolute Gasteiger partial charge is 0.508 e. The number of aromatic nitrogens is 2. The molecule has 0 unspecified atom stereocenters. The maximum Gasteiger partial charge on any atom is 0.270 e. The van der Waals surface area contributed by atoms with Gasteiger partial charge in [-0.25, -0.2) is 9.37 Å². The van der Waals surface area contributed by atoms with Gasteiger partial charge in [-0.05, 0) is 42.7 Å². The van der Waals surface area contributed by atoms with E-state index in [2.05, 4.69) is 10.3 Å². The number of nitrogens with zero attached hydrogens (tertiary/aromatic N) is 2. The molecule has 0 saturated heterocycles. The van der Waals surface area contributed by atoms with E-state index in [1.807, 2.05) is 19.1 Å². The van der Waals surface area contributed by atoms with Crippen molar-refractivity contribution in [1.82, 2.24) is 14.7 Å². The number of nitrogens with one attached hydrogen (secondary N) is 1. The molecule has 0 fully saturated rings. The molecule has 0 saturated carbocycles. The normalized spacial score (nSPS) is 10.9. The third kappa shape index (κ3) is 3.22. The molecule has 6 heteroatoms. The molecule has 0 aliphatic heterocycles. The number of carbonyl (C=O) groups excluding carboxylic acids is 1. The molecule has 0 aliphatic carbocycles. The van der Waals surface area contributed by atoms with Gasteiger partial charge in [-0.2, -0.15) is 0 Å². The number of aryl methyl sites for hydroxylation is 1. The Bertz CT molecular complexity index is 872. The smallest absolute Gasteiger partial charge is 0.270 e. The van der Waals surface area contributed by atoms with E-state index in [-0.39, 0.29) is 11.7 Å². The Morgan fingerprint density at radius 1 is 1.25 bits per heavy atom. The lowest BCUT2D eigenvalue weighted by atomic mass is 10.1. The minimum Gasteiger partial charge on any atom is -0.508 e. The monoisotopic (exact) mass is 327 g/mol. The van der Waals surface area contributed by atoms with Crippen LogP contribution in [0.25, 0.3) is 5.65 Å². The second kappa shape index (κ2) is 6.70. The SMILES string of the molecule is CCc1nc2ccc(F)cn2c1C(=O)NCCc1ccc(O)cc1. The van der Waals surface area contributed by atoms with Gasteiger partial charge in [0.25, 0.3) is 5.91 Å². The van der Waals surface area contributed by atoms with Gasteiger partial charge in [-0.15, -0.1) is 0 Å². The molecular formula is C18H18FN3O2. The second-order valence-electron chi connectivity index (χ2n) is 5.51. The van der Waals surface area contributed by atoms with Gasteiger partial charge in [-0.3, -0.25) is 9.20 Å². The van der Waals surface area contributed by atoms with Crippen LogP contribution in [0.2, 0.25) is 0 Å². The van der Waals surface area contributed by atoms with Crippen LogP contribution in [0.15, 0.2) is 42.6 Å². The molecule has 124 valence electrons. The Labute approximate surface area is 138 Å². The number of rotatable bonds is 5. The van der Waals surface area contributed by atoms with Crippen LogP contribution in [0.4, 0.5) is 4.39 Å². The van der Waals surface area contributed by atoms with Gasteiger partial charge in [0, 0.05) is 12.7 Å². The van der Waals surface area contributed by atoms with Crippen LogP contribution >= 0.6 is 0 Å². The van der Waals surface area contributed by atoms with Crippen molar-refractivity contribution in [1.29, 1.82) is 0 Å². The van der Waals surface area contributed by atoms with Gasteiger partial charge >= 0.3 is 0 Å². The summed E-state index contributed by atoms with van der Waals surface area (Å²) in [5, 5.41) is 12.1. The minimum atomic E-state index is -0.416. The van der Waals surface area contributed by atoms with Crippen LogP contribution in [0.1, 0.15) is 28.7 Å². The molecule has 2 N–H and O–H groups in total. The van der Waals surface area contributed by atoms with Crippen molar-refractivity contribution in [2.75, 3.05) is 6.54 Å². The van der Waals surface area contributed by atoms with Crippen LogP contribution in [-0.4, -0.2) is 26.9 Å². The molecule has 0 aliphatic rings. The molecule has 0 spiro atoms. The summed E-state index contributed by atoms with van der Waals surface area (Å²) in [5.41, 5.74) is 2.57. The lowest BCUT2D eigenvalue weighted by Crippen LogP contribution is -2.27. The van der Waals surface area contributed by atoms with Gasteiger partial charge < -0.3 is 10.4 Å². The first kappa shape index (κ1) is 16.0. The Morgan fingerprint density at radius 2 is 2.00 bits per heavy atom. The molecule has 0 bridgehead atoms. The van der Waals surface area contributed by atoms with E-state index < -0.39 is 5.82 Å². The molecule has 2 aromatic heterocycles. The van der Waals surface area contributed by atoms with Gasteiger partial charge in [0.05, 0.1) is 5.69 Å². The lowest BCUT2D eigenvalue weighted by molar-refractivity contribution is 0.0947. The summed E-state index contributed by atoms with van der Waals surface area (Å²) in [4.78, 5) is 16.9. The zero-order valence-corrected chi connectivity index (χ0v) is 13.3. The number of phenolic OH excluding ortho intramolecular Hbond substituents is 1. The fourth-order valence-electron chi connectivity index (χ4n) is 2.62. The first-order valence-corrected chi connectivity index (χ1v) is 7.81. The Kier molecular flexibility index (Phi) is 4.46. The van der Waals surface area contributed by atoms with E-state index in [4.69, 9.17) is 0 Å². The summed E-state index contributed by atoms with van der Waals surface area (Å²) in [6.07, 6.45) is 2.50. The number of hydrogen-bond donors (Lipinski definition) is 2. The Hall–Kier alpha value is -2.89. The quantitative estimate of drug-likeness (QED) is 0.757. The van der Waals surface area contributed by atoms with Gasteiger partial charge in [0.2, 0.25) is 0 Å². The van der Waals surface area contributed by atoms with Gasteiger partial charge in [-0.1, -0.05) is 19.1 Å². The summed E-state index contributed by atoms with van der Waals surface area (Å²) in [5.74, 6) is -0.479. The minimum absolute atomic E-state index is 0.211. The number of hydrogen-bond acceptors (Lipinski definition) is 3. The summed E-state index contributed by atoms with van der Waals surface area (Å²) < 4.78 is 15.0. The van der Waals surface area contributed by atoms with E-state index in [0.29, 0.717) is 36.4 Å². The standard InChI is InChI=1S/C18H18FN3O2/c1-2-15-17(22-11-13(19)5-8-16(22)21-15)18(24)20-10-9-12-3-6-14(23)7-4-12/h3-8,11,23H,2,9-10H2,1H3,(H,20,24). The predicted molar refractivity (Wildman–Crippen MR) is 88.7 cm³/mol. The summed E-state index contributed by atoms with van der Waals surface area (Å²) in [6, 6.07) is 9.72. The summed E-state index contributed by atoms with van der Waals surface area (Å²) in [6.45, 7) is 2.35. The average molecular weight is 327 g/mol. The van der Waals surface area contributed by atoms with Crippen molar-refractivity contribution in [2.24, 2.45) is 0 Å². The fourth-order valence-corrected chi connectivity index (χ4v) is 2.62. The van der Waals surface area contributed by atoms with E-state index in [9.17, 15) is 14.3 Å². The third-order valence-electron chi connectivity index (χ3n) is 3.84. The molecule has 5 nitrogen and oxygen atoms in total. The van der Waals surface area contributed by atoms with Crippen molar-refractivity contribution in [3.05, 3.63) is 65.4 Å². The molecule has 1 amide bonds. The number of aromatic hydroxyl groups is 1. The van der Waals surface area contributed by atoms with Gasteiger partial charge in [0.15, 0.2) is 0 Å². The maximum absolute atomic E-state index is 13.5. The number of fused-ring (bicyclic) bond motifs is 1. The first-order chi connectivity index (χ1) is 11.6. The van der Waals surface area contributed by atoms with Crippen molar-refractivity contribution >= 4 is 11.6 Å². The molecule has 3 aromatic rings. The first-order valence-electron chi connectivity index (χ1n) is 7.81. The van der Waals surface area contributed by atoms with Crippen LogP contribution in [0, 0.1) is 5.82 Å².